The Bertz CT molecular complexity index is 345. The second kappa shape index (κ2) is 2.85. The van der Waals surface area contributed by atoms with E-state index in [9.17, 15) is 4.79 Å². The number of nitrogens with one attached hydrogen (secondary N) is 1. The number of carbonyl (C=O) groups is 1. The third-order valence-electron chi connectivity index (χ3n) is 2.07. The Hall–Kier alpha value is -1.36. The molecule has 1 aromatic rings. The molecule has 0 saturated carbocycles. The van der Waals surface area contributed by atoms with Crippen molar-refractivity contribution in [3.05, 3.63) is 11.7 Å². The Morgan fingerprint density at radius 1 is 1.69 bits per heavy atom. The van der Waals surface area contributed by atoms with E-state index in [4.69, 9.17) is 10.2 Å². The predicted molar refractivity (Wildman–Crippen MR) is 46.2 cm³/mol. The third-order valence-corrected chi connectivity index (χ3v) is 2.07. The van der Waals surface area contributed by atoms with Gasteiger partial charge in [-0.2, -0.15) is 4.98 Å². The van der Waals surface area contributed by atoms with Crippen molar-refractivity contribution in [1.29, 1.82) is 0 Å². The van der Waals surface area contributed by atoms with Gasteiger partial charge in [0.1, 0.15) is 5.76 Å². The van der Waals surface area contributed by atoms with Crippen LogP contribution in [0.5, 0.6) is 0 Å². The number of amides is 1. The van der Waals surface area contributed by atoms with Crippen molar-refractivity contribution in [3.8, 4) is 0 Å². The van der Waals surface area contributed by atoms with Gasteiger partial charge in [-0.1, -0.05) is 0 Å². The molecule has 13 heavy (non-hydrogen) atoms. The van der Waals surface area contributed by atoms with Gasteiger partial charge in [0.2, 0.25) is 5.91 Å². The molecule has 2 rings (SSSR count). The zero-order valence-electron chi connectivity index (χ0n) is 7.33. The number of aryl methyl sites for hydroxylation is 2. The molecule has 5 nitrogen and oxygen atoms in total. The van der Waals surface area contributed by atoms with E-state index in [1.807, 2.05) is 0 Å². The van der Waals surface area contributed by atoms with E-state index in [-0.39, 0.29) is 5.91 Å². The smallest absolute Gasteiger partial charge is 0.242 e. The summed E-state index contributed by atoms with van der Waals surface area (Å²) in [5, 5.41) is 2.62. The quantitative estimate of drug-likeness (QED) is 0.598. The van der Waals surface area contributed by atoms with Crippen LogP contribution < -0.4 is 11.1 Å². The van der Waals surface area contributed by atoms with Gasteiger partial charge >= 0.3 is 0 Å². The van der Waals surface area contributed by atoms with E-state index in [1.165, 1.54) is 0 Å². The lowest BCUT2D eigenvalue weighted by Crippen LogP contribution is -2.34. The first-order valence-electron chi connectivity index (χ1n) is 4.19. The highest BCUT2D eigenvalue weighted by Gasteiger charge is 2.23. The fourth-order valence-corrected chi connectivity index (χ4v) is 1.36. The van der Waals surface area contributed by atoms with Crippen LogP contribution >= 0.6 is 0 Å². The second-order valence-electron chi connectivity index (χ2n) is 3.14. The molecule has 1 unspecified atom stereocenters. The molecule has 3 N–H and O–H groups in total. The minimum atomic E-state index is -0.454. The van der Waals surface area contributed by atoms with Crippen LogP contribution in [0.1, 0.15) is 18.1 Å². The van der Waals surface area contributed by atoms with E-state index in [0.29, 0.717) is 24.6 Å². The zero-order valence-corrected chi connectivity index (χ0v) is 7.33. The molecule has 1 amide bonds. The molecule has 0 radical (unpaired) electrons. The summed E-state index contributed by atoms with van der Waals surface area (Å²) in [6, 6.07) is -0.454. The monoisotopic (exact) mass is 181 g/mol. The van der Waals surface area contributed by atoms with Crippen molar-refractivity contribution in [2.75, 3.05) is 5.32 Å². The Morgan fingerprint density at radius 3 is 3.23 bits per heavy atom. The summed E-state index contributed by atoms with van der Waals surface area (Å²) in [4.78, 5) is 15.3. The Morgan fingerprint density at radius 2 is 2.46 bits per heavy atom. The summed E-state index contributed by atoms with van der Waals surface area (Å²) in [5.41, 5.74) is 5.57. The first-order valence-corrected chi connectivity index (χ1v) is 4.19. The molecule has 0 saturated heterocycles. The van der Waals surface area contributed by atoms with Crippen LogP contribution in [0.3, 0.4) is 0 Å². The minimum absolute atomic E-state index is 0.188. The first-order chi connectivity index (χ1) is 6.16. The number of nitrogens with zero attached hydrogens (tertiary/aromatic N) is 1. The highest BCUT2D eigenvalue weighted by molar-refractivity contribution is 5.94. The average molecular weight is 181 g/mol. The molecule has 1 aliphatic rings. The number of carbonyl (C=O) groups excluding carboxylic acids is 1. The van der Waals surface area contributed by atoms with Crippen molar-refractivity contribution in [1.82, 2.24) is 4.98 Å². The summed E-state index contributed by atoms with van der Waals surface area (Å²) in [6.45, 7) is 1.75. The molecule has 2 heterocycles. The number of fused-ring (bicyclic) bond motifs is 1. The van der Waals surface area contributed by atoms with E-state index in [0.717, 1.165) is 5.76 Å². The maximum atomic E-state index is 11.3. The maximum Gasteiger partial charge on any atom is 0.242 e. The zero-order chi connectivity index (χ0) is 9.42. The third kappa shape index (κ3) is 1.42. The van der Waals surface area contributed by atoms with Crippen molar-refractivity contribution < 1.29 is 9.21 Å². The Balaban J connectivity index is 2.33. The lowest BCUT2D eigenvalue weighted by molar-refractivity contribution is -0.117. The van der Waals surface area contributed by atoms with Gasteiger partial charge in [-0.05, 0) is 6.42 Å². The second-order valence-corrected chi connectivity index (χ2v) is 3.14. The normalized spacial score (nSPS) is 22.0. The average Bonchev–Trinajstić information content (AvgIpc) is 2.36. The van der Waals surface area contributed by atoms with Crippen LogP contribution in [0.25, 0.3) is 0 Å². The van der Waals surface area contributed by atoms with Crippen molar-refractivity contribution in [2.24, 2.45) is 5.73 Å². The number of anilines is 1. The summed E-state index contributed by atoms with van der Waals surface area (Å²) in [5.74, 6) is 1.63. The summed E-state index contributed by atoms with van der Waals surface area (Å²) in [7, 11) is 0. The molecular weight excluding hydrogens is 170 g/mol. The molecule has 0 spiro atoms. The summed E-state index contributed by atoms with van der Waals surface area (Å²) >= 11 is 0. The van der Waals surface area contributed by atoms with Crippen molar-refractivity contribution in [2.45, 2.75) is 25.8 Å². The van der Waals surface area contributed by atoms with Gasteiger partial charge in [-0.3, -0.25) is 4.79 Å². The van der Waals surface area contributed by atoms with Crippen LogP contribution in [0.4, 0.5) is 5.82 Å². The highest BCUT2D eigenvalue weighted by atomic mass is 16.4. The van der Waals surface area contributed by atoms with Crippen LogP contribution in [0, 0.1) is 6.92 Å². The molecule has 1 atom stereocenters. The SMILES string of the molecule is Cc1nc2c(o1)CCC(N)C(=O)N2. The van der Waals surface area contributed by atoms with E-state index in [1.54, 1.807) is 6.92 Å². The van der Waals surface area contributed by atoms with Crippen molar-refractivity contribution in [3.63, 3.8) is 0 Å². The van der Waals surface area contributed by atoms with Gasteiger partial charge in [0.05, 0.1) is 6.04 Å². The highest BCUT2D eigenvalue weighted by Crippen LogP contribution is 2.21. The standard InChI is InChI=1S/C8H11N3O2/c1-4-10-7-6(13-4)3-2-5(9)8(12)11-7/h5H,2-3,9H2,1H3,(H,11,12). The molecular formula is C8H11N3O2. The summed E-state index contributed by atoms with van der Waals surface area (Å²) in [6.07, 6.45) is 1.27. The minimum Gasteiger partial charge on any atom is -0.444 e. The van der Waals surface area contributed by atoms with Gasteiger partial charge in [-0.25, -0.2) is 0 Å². The van der Waals surface area contributed by atoms with E-state index >= 15 is 0 Å². The van der Waals surface area contributed by atoms with Gasteiger partial charge in [0.25, 0.3) is 0 Å². The fourth-order valence-electron chi connectivity index (χ4n) is 1.36. The predicted octanol–water partition coefficient (Wildman–Crippen LogP) is 0.195. The number of nitrogens with two attached hydrogens (primary N) is 1. The Labute approximate surface area is 75.3 Å². The van der Waals surface area contributed by atoms with Gasteiger partial charge in [0, 0.05) is 13.3 Å². The largest absolute Gasteiger partial charge is 0.444 e. The lowest BCUT2D eigenvalue weighted by atomic mass is 10.1. The van der Waals surface area contributed by atoms with Crippen LogP contribution in [-0.2, 0) is 11.2 Å². The van der Waals surface area contributed by atoms with Gasteiger partial charge in [-0.15, -0.1) is 0 Å². The van der Waals surface area contributed by atoms with E-state index in [2.05, 4.69) is 10.3 Å². The molecule has 5 heteroatoms. The molecule has 70 valence electrons. The molecule has 0 aromatic carbocycles. The van der Waals surface area contributed by atoms with Crippen LogP contribution in [0.15, 0.2) is 4.42 Å². The topological polar surface area (TPSA) is 81.2 Å². The van der Waals surface area contributed by atoms with Gasteiger partial charge in [0.15, 0.2) is 11.7 Å². The summed E-state index contributed by atoms with van der Waals surface area (Å²) < 4.78 is 5.30. The number of oxazole rings is 1. The van der Waals surface area contributed by atoms with Crippen LogP contribution in [-0.4, -0.2) is 16.9 Å². The fraction of sp³-hybridized carbons (Fsp3) is 0.500. The maximum absolute atomic E-state index is 11.3. The number of aromatic nitrogens is 1. The molecule has 1 aromatic heterocycles. The van der Waals surface area contributed by atoms with Gasteiger partial charge < -0.3 is 15.5 Å². The molecule has 0 aliphatic carbocycles. The lowest BCUT2D eigenvalue weighted by Gasteiger charge is -2.04. The molecule has 0 bridgehead atoms. The Kier molecular flexibility index (Phi) is 1.81. The molecule has 1 aliphatic heterocycles. The van der Waals surface area contributed by atoms with E-state index < -0.39 is 6.04 Å². The number of hydrogen-bond acceptors (Lipinski definition) is 4. The first kappa shape index (κ1) is 8.25. The number of rotatable bonds is 0. The number of hydrogen-bond donors (Lipinski definition) is 2. The molecule has 0 fully saturated rings. The van der Waals surface area contributed by atoms with Crippen LogP contribution in [0.2, 0.25) is 0 Å². The van der Waals surface area contributed by atoms with Crippen molar-refractivity contribution >= 4 is 11.7 Å².